The van der Waals surface area contributed by atoms with Crippen LogP contribution in [0.5, 0.6) is 0 Å². The molecule has 1 saturated heterocycles. The van der Waals surface area contributed by atoms with Gasteiger partial charge in [0.05, 0.1) is 6.61 Å². The van der Waals surface area contributed by atoms with Crippen LogP contribution in [0.2, 0.25) is 0 Å². The molecule has 5 atom stereocenters. The Kier molecular flexibility index (Phi) is 22.8. The van der Waals surface area contributed by atoms with Crippen LogP contribution in [0.4, 0.5) is 0 Å². The zero-order valence-corrected chi connectivity index (χ0v) is 28.0. The van der Waals surface area contributed by atoms with Gasteiger partial charge in [0.1, 0.15) is 24.4 Å². The molecule has 1 aliphatic rings. The number of alkyl halides is 2. The van der Waals surface area contributed by atoms with Crippen molar-refractivity contribution in [2.45, 2.75) is 110 Å². The van der Waals surface area contributed by atoms with Crippen molar-refractivity contribution >= 4 is 39.5 Å². The Bertz CT molecular complexity index is 600. The number of hydrogen-bond donors (Lipinski definition) is 2. The fourth-order valence-electron chi connectivity index (χ4n) is 3.86. The van der Waals surface area contributed by atoms with Gasteiger partial charge in [-0.25, -0.2) is 10.2 Å². The van der Waals surface area contributed by atoms with Gasteiger partial charge in [0.2, 0.25) is 0 Å². The van der Waals surface area contributed by atoms with Gasteiger partial charge in [0.15, 0.2) is 6.29 Å². The summed E-state index contributed by atoms with van der Waals surface area (Å²) in [7, 11) is -3.47. The first-order chi connectivity index (χ1) is 18.5. The van der Waals surface area contributed by atoms with Crippen molar-refractivity contribution < 1.29 is 32.8 Å². The monoisotopic (exact) mass is 694 g/mol. The summed E-state index contributed by atoms with van der Waals surface area (Å²) in [6.45, 7) is 12.1. The molecule has 0 aromatic carbocycles. The van der Waals surface area contributed by atoms with Crippen molar-refractivity contribution in [3.63, 3.8) is 0 Å². The largest absolute Gasteiger partial charge is 0.379 e. The molecule has 1 heterocycles. The Balaban J connectivity index is 3.32. The van der Waals surface area contributed by atoms with Crippen LogP contribution in [-0.4, -0.2) is 87.5 Å². The van der Waals surface area contributed by atoms with E-state index < -0.39 is 38.4 Å². The Labute approximate surface area is 248 Å². The van der Waals surface area contributed by atoms with E-state index in [-0.39, 0.29) is 0 Å². The van der Waals surface area contributed by atoms with Crippen molar-refractivity contribution in [2.75, 3.05) is 56.8 Å². The molecular weight excluding hydrogens is 643 g/mol. The topological polar surface area (TPSA) is 96.5 Å². The zero-order chi connectivity index (χ0) is 28.1. The van der Waals surface area contributed by atoms with E-state index in [0.29, 0.717) is 56.8 Å². The van der Waals surface area contributed by atoms with E-state index >= 15 is 0 Å². The quantitative estimate of drug-likeness (QED) is 0.0660. The van der Waals surface area contributed by atoms with Gasteiger partial charge in [0, 0.05) is 50.2 Å². The second kappa shape index (κ2) is 23.4. The van der Waals surface area contributed by atoms with Crippen LogP contribution in [0.1, 0.15) is 79.1 Å². The van der Waals surface area contributed by atoms with E-state index in [1.807, 2.05) is 0 Å². The molecule has 0 aliphatic carbocycles. The molecule has 0 saturated carbocycles. The molecule has 0 bridgehead atoms. The molecule has 1 fully saturated rings. The van der Waals surface area contributed by atoms with Gasteiger partial charge < -0.3 is 23.7 Å². The fourth-order valence-corrected chi connectivity index (χ4v) is 6.40. The third-order valence-electron chi connectivity index (χ3n) is 6.02. The highest BCUT2D eigenvalue weighted by atomic mass is 79.9. The number of hydrogen-bond acceptors (Lipinski definition) is 7. The van der Waals surface area contributed by atoms with Crippen LogP contribution in [0.25, 0.3) is 0 Å². The van der Waals surface area contributed by atoms with Crippen LogP contribution in [0.15, 0.2) is 0 Å². The fraction of sp³-hybridized carbons (Fsp3) is 1.00. The predicted octanol–water partition coefficient (Wildman–Crippen LogP) is 6.18. The summed E-state index contributed by atoms with van der Waals surface area (Å²) >= 11 is 6.79. The van der Waals surface area contributed by atoms with Crippen LogP contribution in [-0.2, 0) is 32.8 Å². The molecule has 2 N–H and O–H groups in total. The standard InChI is InChI=1S/C26H53Br2N2O7P/c1-5-9-17-32-21-22-23(33-18-10-6-2)24(34-19-11-7-3)25(35-20-12-8-4)26(36-22)37-38(31,29-15-13-27)30-16-14-28/h22-26H,5-21H2,1-4H3,(H2,29,30,31)/t22?,23-,24?,25?,26+/m1/s1. The lowest BCUT2D eigenvalue weighted by atomic mass is 9.98. The Hall–Kier alpha value is 0.870. The molecule has 0 amide bonds. The van der Waals surface area contributed by atoms with E-state index in [1.54, 1.807) is 0 Å². The highest BCUT2D eigenvalue weighted by Gasteiger charge is 2.50. The first-order valence-corrected chi connectivity index (χ1v) is 18.3. The molecule has 1 rings (SSSR count). The maximum atomic E-state index is 13.8. The number of halogens is 2. The molecule has 38 heavy (non-hydrogen) atoms. The van der Waals surface area contributed by atoms with Gasteiger partial charge in [-0.3, -0.25) is 9.09 Å². The Morgan fingerprint density at radius 2 is 1.18 bits per heavy atom. The molecule has 12 heteroatoms. The molecule has 228 valence electrons. The van der Waals surface area contributed by atoms with Crippen LogP contribution < -0.4 is 10.2 Å². The second-order valence-electron chi connectivity index (χ2n) is 9.39. The van der Waals surface area contributed by atoms with Crippen molar-refractivity contribution in [1.82, 2.24) is 10.2 Å². The third kappa shape index (κ3) is 14.7. The lowest BCUT2D eigenvalue weighted by Gasteiger charge is -2.46. The summed E-state index contributed by atoms with van der Waals surface area (Å²) < 4.78 is 51.8. The van der Waals surface area contributed by atoms with Gasteiger partial charge in [-0.1, -0.05) is 85.2 Å². The number of nitrogens with one attached hydrogen (secondary N) is 2. The normalized spacial score (nSPS) is 24.2. The molecule has 3 unspecified atom stereocenters. The molecule has 9 nitrogen and oxygen atoms in total. The maximum absolute atomic E-state index is 13.8. The van der Waals surface area contributed by atoms with E-state index in [9.17, 15) is 4.57 Å². The first-order valence-electron chi connectivity index (χ1n) is 14.5. The Morgan fingerprint density at radius 3 is 1.68 bits per heavy atom. The second-order valence-corrected chi connectivity index (χ2v) is 12.9. The minimum Gasteiger partial charge on any atom is -0.379 e. The smallest absolute Gasteiger partial charge is 0.343 e. The van der Waals surface area contributed by atoms with E-state index in [1.165, 1.54) is 0 Å². The predicted molar refractivity (Wildman–Crippen MR) is 161 cm³/mol. The van der Waals surface area contributed by atoms with Gasteiger partial charge in [0.25, 0.3) is 0 Å². The van der Waals surface area contributed by atoms with Crippen LogP contribution in [0.3, 0.4) is 0 Å². The third-order valence-corrected chi connectivity index (χ3v) is 8.60. The molecular formula is C26H53Br2N2O7P. The molecule has 0 aromatic heterocycles. The SMILES string of the molecule is CCCCOCC1O[C@@H](OP(=O)(NCCBr)NCCBr)C(OCCCC)C(OCCCC)[C@@H]1OCCCC. The van der Waals surface area contributed by atoms with E-state index in [2.05, 4.69) is 69.7 Å². The highest BCUT2D eigenvalue weighted by molar-refractivity contribution is 9.09. The molecule has 1 aliphatic heterocycles. The molecule has 0 spiro atoms. The van der Waals surface area contributed by atoms with Crippen molar-refractivity contribution in [2.24, 2.45) is 0 Å². The number of rotatable bonds is 25. The maximum Gasteiger partial charge on any atom is 0.343 e. The van der Waals surface area contributed by atoms with Crippen molar-refractivity contribution in [3.05, 3.63) is 0 Å². The minimum atomic E-state index is -3.47. The average molecular weight is 696 g/mol. The number of ether oxygens (including phenoxy) is 5. The lowest BCUT2D eigenvalue weighted by Crippen LogP contribution is -2.62. The Morgan fingerprint density at radius 1 is 0.711 bits per heavy atom. The zero-order valence-electron chi connectivity index (χ0n) is 24.0. The molecule has 0 aromatic rings. The van der Waals surface area contributed by atoms with E-state index in [0.717, 1.165) is 51.4 Å². The van der Waals surface area contributed by atoms with Crippen LogP contribution >= 0.6 is 39.5 Å². The highest BCUT2D eigenvalue weighted by Crippen LogP contribution is 2.43. The van der Waals surface area contributed by atoms with Gasteiger partial charge in [-0.05, 0) is 25.7 Å². The first kappa shape index (κ1) is 36.9. The molecule has 0 radical (unpaired) electrons. The van der Waals surface area contributed by atoms with E-state index in [4.69, 9.17) is 28.2 Å². The summed E-state index contributed by atoms with van der Waals surface area (Å²) in [5.41, 5.74) is 0. The minimum absolute atomic E-state index is 0.333. The van der Waals surface area contributed by atoms with Crippen molar-refractivity contribution in [1.29, 1.82) is 0 Å². The number of unbranched alkanes of at least 4 members (excludes halogenated alkanes) is 4. The summed E-state index contributed by atoms with van der Waals surface area (Å²) in [4.78, 5) is 0. The van der Waals surface area contributed by atoms with Gasteiger partial charge in [-0.15, -0.1) is 0 Å². The summed E-state index contributed by atoms with van der Waals surface area (Å²) in [5.74, 6) is 0. The van der Waals surface area contributed by atoms with Crippen LogP contribution in [0, 0.1) is 0 Å². The van der Waals surface area contributed by atoms with Crippen molar-refractivity contribution in [3.8, 4) is 0 Å². The van der Waals surface area contributed by atoms with Gasteiger partial charge in [-0.2, -0.15) is 0 Å². The average Bonchev–Trinajstić information content (AvgIpc) is 2.91. The lowest BCUT2D eigenvalue weighted by molar-refractivity contribution is -0.305. The summed E-state index contributed by atoms with van der Waals surface area (Å²) in [6.07, 6.45) is 4.95. The van der Waals surface area contributed by atoms with Gasteiger partial charge >= 0.3 is 7.67 Å². The summed E-state index contributed by atoms with van der Waals surface area (Å²) in [5, 5.41) is 7.31. The summed E-state index contributed by atoms with van der Waals surface area (Å²) in [6, 6.07) is 0.